The molecule has 0 fully saturated rings. The number of rotatable bonds is 10. The number of aromatic nitrogens is 4. The van der Waals surface area contributed by atoms with Crippen LogP contribution in [0.1, 0.15) is 36.2 Å². The molecule has 160 valence electrons. The van der Waals surface area contributed by atoms with E-state index in [0.29, 0.717) is 24.7 Å². The van der Waals surface area contributed by atoms with Crippen molar-refractivity contribution in [2.24, 2.45) is 0 Å². The Kier molecular flexibility index (Phi) is 6.64. The van der Waals surface area contributed by atoms with Gasteiger partial charge in [0.05, 0.1) is 12.2 Å². The van der Waals surface area contributed by atoms with Crippen molar-refractivity contribution < 1.29 is 4.74 Å². The number of nitrogens with two attached hydrogens (primary N) is 2. The van der Waals surface area contributed by atoms with Crippen molar-refractivity contribution in [2.45, 2.75) is 38.1 Å². The van der Waals surface area contributed by atoms with Crippen molar-refractivity contribution in [3.8, 4) is 0 Å². The number of benzene rings is 2. The van der Waals surface area contributed by atoms with Gasteiger partial charge in [0.15, 0.2) is 0 Å². The predicted octanol–water partition coefficient (Wildman–Crippen LogP) is 4.22. The second-order valence-corrected chi connectivity index (χ2v) is 7.52. The van der Waals surface area contributed by atoms with Gasteiger partial charge < -0.3 is 16.2 Å². The van der Waals surface area contributed by atoms with Gasteiger partial charge in [-0.15, -0.1) is 0 Å². The molecular weight excluding hydrogens is 388 g/mol. The average molecular weight is 417 g/mol. The van der Waals surface area contributed by atoms with Gasteiger partial charge in [0.1, 0.15) is 11.6 Å². The third-order valence-electron chi connectivity index (χ3n) is 5.23. The Bertz CT molecular complexity index is 974. The summed E-state index contributed by atoms with van der Waals surface area (Å²) in [5.41, 5.74) is 13.8. The molecule has 2 aromatic carbocycles. The van der Waals surface area contributed by atoms with Gasteiger partial charge in [-0.1, -0.05) is 60.7 Å². The molecule has 31 heavy (non-hydrogen) atoms. The summed E-state index contributed by atoms with van der Waals surface area (Å²) in [6, 6.07) is 24.3. The Morgan fingerprint density at radius 2 is 1.06 bits per heavy atom. The first-order valence-electron chi connectivity index (χ1n) is 10.5. The lowest BCUT2D eigenvalue weighted by Gasteiger charge is -2.26. The van der Waals surface area contributed by atoms with Crippen LogP contribution < -0.4 is 11.5 Å². The number of anilines is 2. The Hall–Kier alpha value is -3.58. The van der Waals surface area contributed by atoms with Crippen molar-refractivity contribution in [1.29, 1.82) is 0 Å². The summed E-state index contributed by atoms with van der Waals surface area (Å²) in [6.07, 6.45) is 5.19. The first kappa shape index (κ1) is 20.7. The SMILES string of the molecule is Nc1ccn(CCC(OC(CCn2ccc(N)n2)c2ccccc2)c2ccccc2)n1. The number of hydrogen-bond acceptors (Lipinski definition) is 5. The first-order chi connectivity index (χ1) is 15.2. The molecule has 2 unspecified atom stereocenters. The lowest BCUT2D eigenvalue weighted by molar-refractivity contribution is -0.0286. The van der Waals surface area contributed by atoms with E-state index in [4.69, 9.17) is 16.2 Å². The summed E-state index contributed by atoms with van der Waals surface area (Å²) < 4.78 is 10.5. The summed E-state index contributed by atoms with van der Waals surface area (Å²) in [6.45, 7) is 1.43. The smallest absolute Gasteiger partial charge is 0.145 e. The van der Waals surface area contributed by atoms with E-state index in [9.17, 15) is 0 Å². The molecular formula is C24H28N6O. The fourth-order valence-corrected chi connectivity index (χ4v) is 3.66. The van der Waals surface area contributed by atoms with Crippen LogP contribution in [0.3, 0.4) is 0 Å². The monoisotopic (exact) mass is 416 g/mol. The van der Waals surface area contributed by atoms with E-state index < -0.39 is 0 Å². The van der Waals surface area contributed by atoms with E-state index in [1.807, 2.05) is 58.2 Å². The summed E-state index contributed by atoms with van der Waals surface area (Å²) in [7, 11) is 0. The second kappa shape index (κ2) is 9.95. The van der Waals surface area contributed by atoms with Crippen LogP contribution in [0, 0.1) is 0 Å². The van der Waals surface area contributed by atoms with E-state index >= 15 is 0 Å². The molecule has 0 radical (unpaired) electrons. The van der Waals surface area contributed by atoms with Crippen molar-refractivity contribution in [1.82, 2.24) is 19.6 Å². The Morgan fingerprint density at radius 1 is 0.645 bits per heavy atom. The van der Waals surface area contributed by atoms with Crippen molar-refractivity contribution in [3.63, 3.8) is 0 Å². The van der Waals surface area contributed by atoms with Crippen LogP contribution in [0.25, 0.3) is 0 Å². The van der Waals surface area contributed by atoms with Crippen LogP contribution >= 0.6 is 0 Å². The molecule has 0 saturated heterocycles. The summed E-state index contributed by atoms with van der Waals surface area (Å²) in [5, 5.41) is 8.61. The molecule has 0 aliphatic carbocycles. The zero-order valence-electron chi connectivity index (χ0n) is 17.4. The molecule has 7 nitrogen and oxygen atoms in total. The van der Waals surface area contributed by atoms with Gasteiger partial charge in [-0.25, -0.2) is 0 Å². The van der Waals surface area contributed by atoms with Crippen molar-refractivity contribution in [3.05, 3.63) is 96.3 Å². The van der Waals surface area contributed by atoms with E-state index in [0.717, 1.165) is 24.0 Å². The highest BCUT2D eigenvalue weighted by molar-refractivity contribution is 5.25. The molecule has 0 aliphatic heterocycles. The normalized spacial score (nSPS) is 13.2. The molecule has 4 N–H and O–H groups in total. The van der Waals surface area contributed by atoms with Crippen LogP contribution in [0.5, 0.6) is 0 Å². The lowest BCUT2D eigenvalue weighted by atomic mass is 10.0. The molecule has 2 aromatic heterocycles. The first-order valence-corrected chi connectivity index (χ1v) is 10.5. The second-order valence-electron chi connectivity index (χ2n) is 7.52. The molecule has 2 atom stereocenters. The van der Waals surface area contributed by atoms with E-state index in [1.54, 1.807) is 12.1 Å². The molecule has 0 amide bonds. The van der Waals surface area contributed by atoms with Crippen LogP contribution in [-0.2, 0) is 17.8 Å². The minimum atomic E-state index is -0.0838. The average Bonchev–Trinajstić information content (AvgIpc) is 3.42. The molecule has 7 heteroatoms. The fraction of sp³-hybridized carbons (Fsp3) is 0.250. The molecule has 0 saturated carbocycles. The largest absolute Gasteiger partial charge is 0.382 e. The molecule has 2 heterocycles. The number of nitrogen functional groups attached to an aromatic ring is 2. The van der Waals surface area contributed by atoms with Gasteiger partial charge in [0.2, 0.25) is 0 Å². The predicted molar refractivity (Wildman–Crippen MR) is 122 cm³/mol. The summed E-state index contributed by atoms with van der Waals surface area (Å²) in [4.78, 5) is 0. The fourth-order valence-electron chi connectivity index (χ4n) is 3.66. The Labute approximate surface area is 182 Å². The topological polar surface area (TPSA) is 96.9 Å². The maximum atomic E-state index is 6.74. The van der Waals surface area contributed by atoms with Crippen LogP contribution in [0.15, 0.2) is 85.2 Å². The maximum Gasteiger partial charge on any atom is 0.145 e. The van der Waals surface area contributed by atoms with Gasteiger partial charge in [0.25, 0.3) is 0 Å². The minimum absolute atomic E-state index is 0.0838. The van der Waals surface area contributed by atoms with Gasteiger partial charge >= 0.3 is 0 Å². The Morgan fingerprint density at radius 3 is 1.42 bits per heavy atom. The zero-order valence-corrected chi connectivity index (χ0v) is 17.4. The van der Waals surface area contributed by atoms with Crippen LogP contribution in [0.2, 0.25) is 0 Å². The molecule has 4 rings (SSSR count). The van der Waals surface area contributed by atoms with E-state index in [1.165, 1.54) is 0 Å². The number of ether oxygens (including phenoxy) is 1. The summed E-state index contributed by atoms with van der Waals surface area (Å²) >= 11 is 0. The molecule has 4 aromatic rings. The standard InChI is InChI=1S/C24H28N6O/c25-23-13-17-29(27-23)15-11-21(19-7-3-1-4-8-19)31-22(20-9-5-2-6-10-20)12-16-30-18-14-24(26)28-30/h1-10,13-14,17-18,21-22H,11-12,15-16H2,(H2,25,27)(H2,26,28). The van der Waals surface area contributed by atoms with Crippen molar-refractivity contribution in [2.75, 3.05) is 11.5 Å². The van der Waals surface area contributed by atoms with Gasteiger partial charge in [-0.05, 0) is 36.1 Å². The number of aryl methyl sites for hydroxylation is 2. The molecule has 0 spiro atoms. The van der Waals surface area contributed by atoms with E-state index in [-0.39, 0.29) is 12.2 Å². The summed E-state index contributed by atoms with van der Waals surface area (Å²) in [5.74, 6) is 1.05. The number of hydrogen-bond donors (Lipinski definition) is 2. The lowest BCUT2D eigenvalue weighted by Crippen LogP contribution is -2.15. The zero-order chi connectivity index (χ0) is 21.5. The third kappa shape index (κ3) is 5.73. The maximum absolute atomic E-state index is 6.74. The van der Waals surface area contributed by atoms with E-state index in [2.05, 4.69) is 34.5 Å². The van der Waals surface area contributed by atoms with Crippen molar-refractivity contribution >= 4 is 11.6 Å². The quantitative estimate of drug-likeness (QED) is 0.403. The Balaban J connectivity index is 1.53. The highest BCUT2D eigenvalue weighted by Crippen LogP contribution is 2.32. The van der Waals surface area contributed by atoms with Gasteiger partial charge in [0, 0.05) is 25.5 Å². The molecule has 0 aliphatic rings. The van der Waals surface area contributed by atoms with Gasteiger partial charge in [-0.3, -0.25) is 9.36 Å². The highest BCUT2D eigenvalue weighted by atomic mass is 16.5. The van der Waals surface area contributed by atoms with Gasteiger partial charge in [-0.2, -0.15) is 10.2 Å². The molecule has 0 bridgehead atoms. The van der Waals surface area contributed by atoms with Crippen LogP contribution in [0.4, 0.5) is 11.6 Å². The minimum Gasteiger partial charge on any atom is -0.382 e. The number of nitrogens with zero attached hydrogens (tertiary/aromatic N) is 4. The van der Waals surface area contributed by atoms with Crippen LogP contribution in [-0.4, -0.2) is 19.6 Å². The highest BCUT2D eigenvalue weighted by Gasteiger charge is 2.20. The third-order valence-corrected chi connectivity index (χ3v) is 5.23.